The van der Waals surface area contributed by atoms with E-state index in [9.17, 15) is 8.42 Å². The second-order valence-corrected chi connectivity index (χ2v) is 2.62. The maximum absolute atomic E-state index is 9.88. The van der Waals surface area contributed by atoms with Gasteiger partial charge in [-0.1, -0.05) is 0 Å². The Kier molecular flexibility index (Phi) is 11.4. The zero-order chi connectivity index (χ0) is 7.49. The van der Waals surface area contributed by atoms with Crippen LogP contribution in [0.2, 0.25) is 0 Å². The van der Waals surface area contributed by atoms with Crippen LogP contribution in [0.25, 0.3) is 0 Å². The van der Waals surface area contributed by atoms with Crippen LogP contribution in [-0.4, -0.2) is 25.6 Å². The predicted octanol–water partition coefficient (Wildman–Crippen LogP) is -0.687. The van der Waals surface area contributed by atoms with Crippen LogP contribution in [0.5, 0.6) is 0 Å². The molecule has 0 bridgehead atoms. The monoisotopic (exact) mass is 367 g/mol. The molecule has 6 N–H and O–H groups in total. The molecular weight excluding hydrogens is 355 g/mol. The Labute approximate surface area is 80.3 Å². The molecule has 0 rings (SSSR count). The molecule has 0 saturated carbocycles. The molecule has 0 radical (unpaired) electrons. The first-order valence-corrected chi connectivity index (χ1v) is 3.68. The first-order chi connectivity index (χ1) is 3.95. The number of hydrogen-bond donors (Lipinski definition) is 3. The van der Waals surface area contributed by atoms with Crippen LogP contribution in [0.3, 0.4) is 0 Å². The van der Waals surface area contributed by atoms with Crippen LogP contribution < -0.4 is 11.9 Å². The van der Waals surface area contributed by atoms with Gasteiger partial charge in [-0.15, -0.1) is 0 Å². The minimum atomic E-state index is -4.32. The molecule has 1 unspecified atom stereocenters. The van der Waals surface area contributed by atoms with Crippen LogP contribution in [0.4, 0.5) is 0 Å². The van der Waals surface area contributed by atoms with Crippen LogP contribution in [0, 0.1) is 0 Å². The largest absolute Gasteiger partial charge is 0.397 e. The van der Waals surface area contributed by atoms with Crippen LogP contribution in [0.15, 0.2) is 0 Å². The Hall–Kier alpha value is 0.478. The van der Waals surface area contributed by atoms with Gasteiger partial charge in [0.2, 0.25) is 0 Å². The molecule has 0 aromatic heterocycles. The first kappa shape index (κ1) is 17.5. The Morgan fingerprint density at radius 3 is 2.09 bits per heavy atom. The summed E-state index contributed by atoms with van der Waals surface area (Å²) < 4.78 is 31.8. The molecule has 0 aliphatic rings. The van der Waals surface area contributed by atoms with Gasteiger partial charge in [0.1, 0.15) is 0 Å². The molecule has 0 aromatic rings. The molecule has 0 amide bonds. The van der Waals surface area contributed by atoms with Crippen LogP contribution in [0.1, 0.15) is 6.92 Å². The van der Waals surface area contributed by atoms with Crippen molar-refractivity contribution in [3.63, 3.8) is 0 Å². The Balaban J connectivity index is -0.000000320. The second kappa shape index (κ2) is 7.14. The first-order valence-electron chi connectivity index (χ1n) is 2.31. The smallest absolute Gasteiger partial charge is 0.344 e. The fourth-order valence-electron chi connectivity index (χ4n) is 0.247. The Morgan fingerprint density at radius 2 is 2.00 bits per heavy atom. The van der Waals surface area contributed by atoms with Gasteiger partial charge in [0.25, 0.3) is 0 Å². The summed E-state index contributed by atoms with van der Waals surface area (Å²) in [6.07, 6.45) is -0.667. The molecule has 0 fully saturated rings. The van der Waals surface area contributed by atoms with E-state index in [4.69, 9.17) is 10.3 Å². The van der Waals surface area contributed by atoms with Crippen molar-refractivity contribution in [2.45, 2.75) is 13.0 Å². The van der Waals surface area contributed by atoms with Gasteiger partial charge in [-0.3, -0.25) is 4.55 Å². The summed E-state index contributed by atoms with van der Waals surface area (Å²) in [5.41, 5.74) is 4.98. The summed E-state index contributed by atoms with van der Waals surface area (Å²) in [5.74, 6) is 0. The average Bonchev–Trinajstić information content (AvgIpc) is 1.62. The molecule has 0 heterocycles. The van der Waals surface area contributed by atoms with E-state index in [1.54, 1.807) is 0 Å². The van der Waals surface area contributed by atoms with Crippen molar-refractivity contribution >= 4 is 10.4 Å². The summed E-state index contributed by atoms with van der Waals surface area (Å²) in [7, 11) is -4.32. The van der Waals surface area contributed by atoms with Crippen molar-refractivity contribution in [2.24, 2.45) is 5.73 Å². The van der Waals surface area contributed by atoms with Crippen LogP contribution in [-0.2, 0) is 35.6 Å². The topological polar surface area (TPSA) is 125 Å². The van der Waals surface area contributed by atoms with Crippen molar-refractivity contribution in [2.75, 3.05) is 6.54 Å². The zero-order valence-electron chi connectivity index (χ0n) is 5.97. The van der Waals surface area contributed by atoms with E-state index in [1.165, 1.54) is 6.92 Å². The van der Waals surface area contributed by atoms with E-state index in [-0.39, 0.29) is 33.8 Å². The quantitative estimate of drug-likeness (QED) is 0.568. The third-order valence-corrected chi connectivity index (χ3v) is 1.19. The van der Waals surface area contributed by atoms with Gasteiger partial charge < -0.3 is 11.9 Å². The molecule has 74 valence electrons. The van der Waals surface area contributed by atoms with E-state index in [1.807, 2.05) is 0 Å². The molecule has 0 aliphatic heterocycles. The van der Waals surface area contributed by atoms with Crippen LogP contribution >= 0.6 is 0 Å². The summed E-state index contributed by atoms with van der Waals surface area (Å²) in [6.45, 7) is 1.49. The Bertz CT molecular complexity index is 170. The van der Waals surface area contributed by atoms with E-state index in [0.29, 0.717) is 0 Å². The number of hydrogen-bond acceptors (Lipinski definition) is 5. The molecule has 0 aliphatic carbocycles. The van der Waals surface area contributed by atoms with Gasteiger partial charge in [-0.05, 0) is 6.92 Å². The average molecular weight is 367 g/mol. The molecule has 6 nitrogen and oxygen atoms in total. The summed E-state index contributed by atoms with van der Waals surface area (Å²) in [6, 6.07) is 0. The standard InChI is InChI=1S/C3H9NO4S.H3N.Pt/c1-3(2-4)8-9(5,6)7;;/h3H,2,4H2,1H3,(H,5,6,7);1H3;. The van der Waals surface area contributed by atoms with Crippen molar-refractivity contribution in [3.05, 3.63) is 0 Å². The van der Waals surface area contributed by atoms with Crippen molar-refractivity contribution in [3.8, 4) is 0 Å². The summed E-state index contributed by atoms with van der Waals surface area (Å²) in [5, 5.41) is 0. The van der Waals surface area contributed by atoms with E-state index < -0.39 is 16.5 Å². The van der Waals surface area contributed by atoms with E-state index in [0.717, 1.165) is 0 Å². The molecule has 0 aromatic carbocycles. The molecule has 0 saturated heterocycles. The summed E-state index contributed by atoms with van der Waals surface area (Å²) in [4.78, 5) is 0. The van der Waals surface area contributed by atoms with Gasteiger partial charge in [0.05, 0.1) is 6.10 Å². The molecule has 1 atom stereocenters. The maximum atomic E-state index is 9.88. The fourth-order valence-corrected chi connectivity index (χ4v) is 0.741. The van der Waals surface area contributed by atoms with Gasteiger partial charge in [-0.25, -0.2) is 4.18 Å². The maximum Gasteiger partial charge on any atom is 0.397 e. The summed E-state index contributed by atoms with van der Waals surface area (Å²) >= 11 is 0. The minimum absolute atomic E-state index is 0. The Morgan fingerprint density at radius 1 is 1.64 bits per heavy atom. The van der Waals surface area contributed by atoms with Gasteiger partial charge in [0, 0.05) is 27.6 Å². The fraction of sp³-hybridized carbons (Fsp3) is 1.00. The van der Waals surface area contributed by atoms with Crippen molar-refractivity contribution < 1.29 is 38.2 Å². The van der Waals surface area contributed by atoms with Crippen molar-refractivity contribution in [1.82, 2.24) is 6.15 Å². The van der Waals surface area contributed by atoms with Crippen molar-refractivity contribution in [1.29, 1.82) is 0 Å². The van der Waals surface area contributed by atoms with Gasteiger partial charge in [-0.2, -0.15) is 8.42 Å². The molecule has 11 heavy (non-hydrogen) atoms. The zero-order valence-corrected chi connectivity index (χ0v) is 9.05. The third-order valence-electron chi connectivity index (χ3n) is 0.618. The van der Waals surface area contributed by atoms with Gasteiger partial charge >= 0.3 is 10.4 Å². The molecular formula is C3H12N2O4PtS. The molecule has 0 spiro atoms. The number of nitrogens with two attached hydrogens (primary N) is 1. The molecule has 8 heteroatoms. The predicted molar refractivity (Wildman–Crippen MR) is 36.2 cm³/mol. The normalized spacial score (nSPS) is 12.6. The van der Waals surface area contributed by atoms with E-state index in [2.05, 4.69) is 4.18 Å². The SMILES string of the molecule is CC(CN)OS(=O)(=O)O.N.[Pt]. The number of rotatable bonds is 3. The third kappa shape index (κ3) is 13.5. The van der Waals surface area contributed by atoms with E-state index >= 15 is 0 Å². The second-order valence-electron chi connectivity index (χ2n) is 1.57. The minimum Gasteiger partial charge on any atom is -0.344 e. The van der Waals surface area contributed by atoms with Gasteiger partial charge in [0.15, 0.2) is 0 Å².